The lowest BCUT2D eigenvalue weighted by atomic mass is 9.87. The van der Waals surface area contributed by atoms with Gasteiger partial charge in [-0.2, -0.15) is 4.31 Å². The van der Waals surface area contributed by atoms with E-state index in [9.17, 15) is 13.2 Å². The number of anilines is 1. The Kier molecular flexibility index (Phi) is 6.88. The van der Waals surface area contributed by atoms with E-state index in [0.29, 0.717) is 31.1 Å². The van der Waals surface area contributed by atoms with Crippen molar-refractivity contribution in [3.05, 3.63) is 59.7 Å². The number of amides is 1. The first-order valence-electron chi connectivity index (χ1n) is 10.7. The summed E-state index contributed by atoms with van der Waals surface area (Å²) in [5.41, 5.74) is 2.89. The van der Waals surface area contributed by atoms with Gasteiger partial charge in [0.2, 0.25) is 15.9 Å². The number of hydrogen-bond acceptors (Lipinski definition) is 4. The van der Waals surface area contributed by atoms with Crippen molar-refractivity contribution < 1.29 is 13.2 Å². The molecule has 0 saturated carbocycles. The standard InChI is InChI=1S/C24H33N3O3S/c1-18-8-6-7-9-22(18)25-23(28)19(2)26-14-16-27(17-15-26)31(29,30)21-12-10-20(11-13-21)24(3,4)5/h6-13,19H,14-17H2,1-5H3,(H,25,28). The van der Waals surface area contributed by atoms with Gasteiger partial charge in [0.05, 0.1) is 10.9 Å². The van der Waals surface area contributed by atoms with E-state index >= 15 is 0 Å². The molecular formula is C24H33N3O3S. The van der Waals surface area contributed by atoms with Gasteiger partial charge in [-0.1, -0.05) is 51.1 Å². The minimum atomic E-state index is -3.54. The van der Waals surface area contributed by atoms with Gasteiger partial charge in [0.1, 0.15) is 0 Å². The molecule has 168 valence electrons. The fourth-order valence-corrected chi connectivity index (χ4v) is 5.15. The van der Waals surface area contributed by atoms with Crippen LogP contribution in [-0.4, -0.2) is 55.8 Å². The quantitative estimate of drug-likeness (QED) is 0.766. The van der Waals surface area contributed by atoms with Crippen molar-refractivity contribution in [3.63, 3.8) is 0 Å². The Labute approximate surface area is 186 Å². The third-order valence-electron chi connectivity index (χ3n) is 5.96. The van der Waals surface area contributed by atoms with Crippen LogP contribution in [0.15, 0.2) is 53.4 Å². The molecule has 1 aliphatic rings. The van der Waals surface area contributed by atoms with Crippen LogP contribution >= 0.6 is 0 Å². The van der Waals surface area contributed by atoms with Gasteiger partial charge in [0.25, 0.3) is 0 Å². The largest absolute Gasteiger partial charge is 0.324 e. The number of piperazine rings is 1. The van der Waals surface area contributed by atoms with Crippen LogP contribution in [0.2, 0.25) is 0 Å². The van der Waals surface area contributed by atoms with E-state index in [4.69, 9.17) is 0 Å². The Morgan fingerprint density at radius 1 is 0.968 bits per heavy atom. The van der Waals surface area contributed by atoms with Crippen LogP contribution in [0, 0.1) is 6.92 Å². The van der Waals surface area contributed by atoms with Gasteiger partial charge in [0.15, 0.2) is 0 Å². The van der Waals surface area contributed by atoms with Crippen molar-refractivity contribution in [2.75, 3.05) is 31.5 Å². The summed E-state index contributed by atoms with van der Waals surface area (Å²) in [5, 5.41) is 2.98. The van der Waals surface area contributed by atoms with Gasteiger partial charge >= 0.3 is 0 Å². The van der Waals surface area contributed by atoms with E-state index in [0.717, 1.165) is 16.8 Å². The zero-order chi connectivity index (χ0) is 22.8. The molecular weight excluding hydrogens is 410 g/mol. The van der Waals surface area contributed by atoms with E-state index in [1.165, 1.54) is 4.31 Å². The van der Waals surface area contributed by atoms with Crippen molar-refractivity contribution in [1.82, 2.24) is 9.21 Å². The topological polar surface area (TPSA) is 69.7 Å². The number of hydrogen-bond donors (Lipinski definition) is 1. The molecule has 1 unspecified atom stereocenters. The Balaban J connectivity index is 1.61. The molecule has 0 bridgehead atoms. The monoisotopic (exact) mass is 443 g/mol. The molecule has 0 spiro atoms. The molecule has 1 fully saturated rings. The van der Waals surface area contributed by atoms with Crippen LogP contribution in [0.5, 0.6) is 0 Å². The lowest BCUT2D eigenvalue weighted by Gasteiger charge is -2.36. The van der Waals surface area contributed by atoms with E-state index in [1.54, 1.807) is 12.1 Å². The van der Waals surface area contributed by atoms with Crippen molar-refractivity contribution >= 4 is 21.6 Å². The van der Waals surface area contributed by atoms with Crippen LogP contribution in [0.3, 0.4) is 0 Å². The minimum Gasteiger partial charge on any atom is -0.324 e. The molecule has 7 heteroatoms. The zero-order valence-electron chi connectivity index (χ0n) is 19.1. The normalized spacial score (nSPS) is 17.3. The van der Waals surface area contributed by atoms with Crippen molar-refractivity contribution in [2.45, 2.75) is 51.0 Å². The summed E-state index contributed by atoms with van der Waals surface area (Å²) in [6.45, 7) is 11.9. The van der Waals surface area contributed by atoms with E-state index in [-0.39, 0.29) is 17.4 Å². The Bertz CT molecular complexity index is 1020. The van der Waals surface area contributed by atoms with Crippen LogP contribution in [0.25, 0.3) is 0 Å². The van der Waals surface area contributed by atoms with Gasteiger partial charge in [-0.15, -0.1) is 0 Å². The molecule has 1 saturated heterocycles. The second-order valence-corrected chi connectivity index (χ2v) is 11.1. The highest BCUT2D eigenvalue weighted by molar-refractivity contribution is 7.89. The fourth-order valence-electron chi connectivity index (χ4n) is 3.72. The van der Waals surface area contributed by atoms with Gasteiger partial charge in [-0.25, -0.2) is 8.42 Å². The lowest BCUT2D eigenvalue weighted by molar-refractivity contribution is -0.121. The molecule has 2 aromatic rings. The van der Waals surface area contributed by atoms with Gasteiger partial charge in [0, 0.05) is 31.9 Å². The van der Waals surface area contributed by atoms with E-state index in [1.807, 2.05) is 55.1 Å². The molecule has 1 aliphatic heterocycles. The number of para-hydroxylation sites is 1. The first-order valence-corrected chi connectivity index (χ1v) is 12.2. The van der Waals surface area contributed by atoms with Crippen LogP contribution in [-0.2, 0) is 20.2 Å². The zero-order valence-corrected chi connectivity index (χ0v) is 19.9. The average Bonchev–Trinajstić information content (AvgIpc) is 2.74. The van der Waals surface area contributed by atoms with Crippen molar-refractivity contribution in [3.8, 4) is 0 Å². The highest BCUT2D eigenvalue weighted by atomic mass is 32.2. The van der Waals surface area contributed by atoms with Crippen LogP contribution in [0.1, 0.15) is 38.8 Å². The number of nitrogens with one attached hydrogen (secondary N) is 1. The molecule has 0 aromatic heterocycles. The molecule has 2 aromatic carbocycles. The summed E-state index contributed by atoms with van der Waals surface area (Å²) in [6, 6.07) is 14.5. The summed E-state index contributed by atoms with van der Waals surface area (Å²) >= 11 is 0. The fraction of sp³-hybridized carbons (Fsp3) is 0.458. The summed E-state index contributed by atoms with van der Waals surface area (Å²) < 4.78 is 27.6. The lowest BCUT2D eigenvalue weighted by Crippen LogP contribution is -2.53. The highest BCUT2D eigenvalue weighted by Gasteiger charge is 2.32. The minimum absolute atomic E-state index is 0.0249. The van der Waals surface area contributed by atoms with Crippen LogP contribution < -0.4 is 5.32 Å². The molecule has 0 radical (unpaired) electrons. The molecule has 6 nitrogen and oxygen atoms in total. The maximum absolute atomic E-state index is 13.1. The molecule has 1 amide bonds. The smallest absolute Gasteiger partial charge is 0.243 e. The maximum atomic E-state index is 13.1. The Morgan fingerprint density at radius 3 is 2.10 bits per heavy atom. The van der Waals surface area contributed by atoms with Gasteiger partial charge in [-0.3, -0.25) is 9.69 Å². The predicted molar refractivity (Wildman–Crippen MR) is 125 cm³/mol. The summed E-state index contributed by atoms with van der Waals surface area (Å²) in [6.07, 6.45) is 0. The molecule has 3 rings (SSSR count). The van der Waals surface area contributed by atoms with Crippen molar-refractivity contribution in [1.29, 1.82) is 0 Å². The van der Waals surface area contributed by atoms with Crippen molar-refractivity contribution in [2.24, 2.45) is 0 Å². The number of nitrogens with zero attached hydrogens (tertiary/aromatic N) is 2. The maximum Gasteiger partial charge on any atom is 0.243 e. The predicted octanol–water partition coefficient (Wildman–Crippen LogP) is 3.63. The summed E-state index contributed by atoms with van der Waals surface area (Å²) in [5.74, 6) is -0.0802. The molecule has 31 heavy (non-hydrogen) atoms. The third kappa shape index (κ3) is 5.34. The van der Waals surface area contributed by atoms with Gasteiger partial charge < -0.3 is 5.32 Å². The summed E-state index contributed by atoms with van der Waals surface area (Å²) in [4.78, 5) is 15.0. The Morgan fingerprint density at radius 2 is 1.55 bits per heavy atom. The Hall–Kier alpha value is -2.22. The number of benzene rings is 2. The van der Waals surface area contributed by atoms with Gasteiger partial charge in [-0.05, 0) is 48.6 Å². The van der Waals surface area contributed by atoms with E-state index < -0.39 is 10.0 Å². The third-order valence-corrected chi connectivity index (χ3v) is 7.87. The summed E-state index contributed by atoms with van der Waals surface area (Å²) in [7, 11) is -3.54. The number of carbonyl (C=O) groups excluding carboxylic acids is 1. The second kappa shape index (κ2) is 9.10. The number of sulfonamides is 1. The van der Waals surface area contributed by atoms with Crippen LogP contribution in [0.4, 0.5) is 5.69 Å². The highest BCUT2D eigenvalue weighted by Crippen LogP contribution is 2.25. The molecule has 0 aliphatic carbocycles. The molecule has 1 heterocycles. The van der Waals surface area contributed by atoms with E-state index in [2.05, 4.69) is 26.1 Å². The number of carbonyl (C=O) groups is 1. The number of rotatable bonds is 5. The molecule has 1 atom stereocenters. The first-order chi connectivity index (χ1) is 14.5. The second-order valence-electron chi connectivity index (χ2n) is 9.19. The first kappa shape index (κ1) is 23.4. The average molecular weight is 444 g/mol. The number of aryl methyl sites for hydroxylation is 1. The molecule has 1 N–H and O–H groups in total. The SMILES string of the molecule is Cc1ccccc1NC(=O)C(C)N1CCN(S(=O)(=O)c2ccc(C(C)(C)C)cc2)CC1.